The first-order valence-electron chi connectivity index (χ1n) is 8.04. The minimum absolute atomic E-state index is 0.730. The molecule has 4 aromatic rings. The maximum atomic E-state index is 4.56. The number of nitrogens with one attached hydrogen (secondary N) is 1. The van der Waals surface area contributed by atoms with Gasteiger partial charge in [0.25, 0.3) is 0 Å². The summed E-state index contributed by atoms with van der Waals surface area (Å²) in [4.78, 5) is 8.62. The van der Waals surface area contributed by atoms with E-state index in [4.69, 9.17) is 0 Å². The first kappa shape index (κ1) is 15.1. The first-order valence-corrected chi connectivity index (χ1v) is 8.04. The Hall–Kier alpha value is -3.47. The summed E-state index contributed by atoms with van der Waals surface area (Å²) in [5.41, 5.74) is 7.00. The van der Waals surface area contributed by atoms with E-state index in [2.05, 4.69) is 20.5 Å². The lowest BCUT2D eigenvalue weighted by atomic mass is 10.1. The highest BCUT2D eigenvalue weighted by molar-refractivity contribution is 5.99. The number of fused-ring (bicyclic) bond motifs is 1. The molecule has 25 heavy (non-hydrogen) atoms. The molecular formula is C20H17N5. The molecule has 5 nitrogen and oxygen atoms in total. The van der Waals surface area contributed by atoms with Gasteiger partial charge in [0.2, 0.25) is 0 Å². The number of pyridine rings is 1. The largest absolute Gasteiger partial charge is 0.306 e. The standard InChI is InChI=1S/C20H17N5/c1-15(16-6-9-18(10-7-16)25-13-12-21-14-25)23-24-20-11-8-17-4-2-3-5-19(17)22-20/h2-14H,1H3,(H,22,24)/b23-15-. The number of nitrogens with zero attached hydrogens (tertiary/aromatic N) is 4. The third-order valence-electron chi connectivity index (χ3n) is 4.02. The molecule has 0 aliphatic rings. The Bertz CT molecular complexity index is 1020. The fourth-order valence-corrected chi connectivity index (χ4v) is 2.62. The fourth-order valence-electron chi connectivity index (χ4n) is 2.62. The van der Waals surface area contributed by atoms with Crippen molar-refractivity contribution in [3.8, 4) is 5.69 Å². The van der Waals surface area contributed by atoms with E-state index in [0.29, 0.717) is 0 Å². The molecule has 0 aliphatic heterocycles. The zero-order valence-corrected chi connectivity index (χ0v) is 13.8. The zero-order chi connectivity index (χ0) is 17.1. The van der Waals surface area contributed by atoms with Gasteiger partial charge in [-0.25, -0.2) is 9.97 Å². The lowest BCUT2D eigenvalue weighted by molar-refractivity contribution is 1.06. The second-order valence-corrected chi connectivity index (χ2v) is 5.72. The van der Waals surface area contributed by atoms with Gasteiger partial charge in [0, 0.05) is 23.5 Å². The molecule has 0 fully saturated rings. The molecule has 0 aliphatic carbocycles. The van der Waals surface area contributed by atoms with Crippen molar-refractivity contribution >= 4 is 22.4 Å². The molecule has 4 rings (SSSR count). The predicted molar refractivity (Wildman–Crippen MR) is 101 cm³/mol. The van der Waals surface area contributed by atoms with Crippen molar-refractivity contribution in [2.24, 2.45) is 5.10 Å². The third-order valence-corrected chi connectivity index (χ3v) is 4.02. The van der Waals surface area contributed by atoms with Crippen LogP contribution in [0.3, 0.4) is 0 Å². The van der Waals surface area contributed by atoms with E-state index in [-0.39, 0.29) is 0 Å². The van der Waals surface area contributed by atoms with E-state index in [1.165, 1.54) is 0 Å². The van der Waals surface area contributed by atoms with E-state index < -0.39 is 0 Å². The van der Waals surface area contributed by atoms with E-state index >= 15 is 0 Å². The van der Waals surface area contributed by atoms with E-state index in [0.717, 1.165) is 33.7 Å². The van der Waals surface area contributed by atoms with Crippen molar-refractivity contribution in [2.75, 3.05) is 5.43 Å². The van der Waals surface area contributed by atoms with Crippen LogP contribution in [-0.4, -0.2) is 20.2 Å². The Morgan fingerprint density at radius 2 is 1.84 bits per heavy atom. The van der Waals surface area contributed by atoms with Gasteiger partial charge >= 0.3 is 0 Å². The quantitative estimate of drug-likeness (QED) is 0.450. The van der Waals surface area contributed by atoms with Crippen molar-refractivity contribution in [1.29, 1.82) is 0 Å². The summed E-state index contributed by atoms with van der Waals surface area (Å²) in [6.07, 6.45) is 5.47. The van der Waals surface area contributed by atoms with Gasteiger partial charge in [-0.05, 0) is 42.8 Å². The average molecular weight is 327 g/mol. The van der Waals surface area contributed by atoms with Gasteiger partial charge in [-0.1, -0.05) is 30.3 Å². The smallest absolute Gasteiger partial charge is 0.146 e. The molecule has 0 radical (unpaired) electrons. The Balaban J connectivity index is 1.52. The predicted octanol–water partition coefficient (Wildman–Crippen LogP) is 4.26. The van der Waals surface area contributed by atoms with Crippen LogP contribution in [0.15, 0.2) is 84.5 Å². The molecule has 0 amide bonds. The first-order chi connectivity index (χ1) is 12.3. The Kier molecular flexibility index (Phi) is 3.96. The normalized spacial score (nSPS) is 11.6. The van der Waals surface area contributed by atoms with Crippen LogP contribution in [0.4, 0.5) is 5.82 Å². The highest BCUT2D eigenvalue weighted by atomic mass is 15.3. The molecule has 0 saturated carbocycles. The van der Waals surface area contributed by atoms with Crippen molar-refractivity contribution in [3.05, 3.63) is 84.9 Å². The topological polar surface area (TPSA) is 55.1 Å². The molecular weight excluding hydrogens is 310 g/mol. The van der Waals surface area contributed by atoms with Crippen molar-refractivity contribution < 1.29 is 0 Å². The van der Waals surface area contributed by atoms with E-state index in [9.17, 15) is 0 Å². The number of hydrogen-bond acceptors (Lipinski definition) is 4. The SMILES string of the molecule is C/C(=N/Nc1ccc2ccccc2n1)c1ccc(-n2ccnc2)cc1. The number of benzene rings is 2. The van der Waals surface area contributed by atoms with Crippen LogP contribution < -0.4 is 5.43 Å². The Morgan fingerprint density at radius 3 is 2.64 bits per heavy atom. The Labute approximate surface area is 145 Å². The lowest BCUT2D eigenvalue weighted by Gasteiger charge is -2.06. The number of anilines is 1. The van der Waals surface area contributed by atoms with Gasteiger partial charge in [0.05, 0.1) is 17.6 Å². The number of imidazole rings is 1. The maximum Gasteiger partial charge on any atom is 0.146 e. The van der Waals surface area contributed by atoms with Crippen LogP contribution in [0.2, 0.25) is 0 Å². The van der Waals surface area contributed by atoms with Crippen LogP contribution in [0, 0.1) is 0 Å². The van der Waals surface area contributed by atoms with Crippen molar-refractivity contribution in [1.82, 2.24) is 14.5 Å². The molecule has 122 valence electrons. The van der Waals surface area contributed by atoms with Crippen LogP contribution in [0.25, 0.3) is 16.6 Å². The van der Waals surface area contributed by atoms with Gasteiger partial charge in [-0.15, -0.1) is 0 Å². The number of hydrazone groups is 1. The molecule has 2 aromatic carbocycles. The third kappa shape index (κ3) is 3.26. The van der Waals surface area contributed by atoms with Crippen molar-refractivity contribution in [2.45, 2.75) is 6.92 Å². The zero-order valence-electron chi connectivity index (χ0n) is 13.8. The van der Waals surface area contributed by atoms with E-state index in [1.54, 1.807) is 12.5 Å². The lowest BCUT2D eigenvalue weighted by Crippen LogP contribution is -2.01. The molecule has 0 bridgehead atoms. The van der Waals surface area contributed by atoms with E-state index in [1.807, 2.05) is 78.4 Å². The van der Waals surface area contributed by atoms with Gasteiger partial charge < -0.3 is 4.57 Å². The average Bonchev–Trinajstić information content (AvgIpc) is 3.21. The summed E-state index contributed by atoms with van der Waals surface area (Å²) in [5, 5.41) is 5.56. The van der Waals surface area contributed by atoms with Gasteiger partial charge in [0.1, 0.15) is 5.82 Å². The summed E-state index contributed by atoms with van der Waals surface area (Å²) < 4.78 is 1.97. The summed E-state index contributed by atoms with van der Waals surface area (Å²) in [5.74, 6) is 0.730. The summed E-state index contributed by atoms with van der Waals surface area (Å²) >= 11 is 0. The minimum Gasteiger partial charge on any atom is -0.306 e. The highest BCUT2D eigenvalue weighted by Gasteiger charge is 2.01. The Morgan fingerprint density at radius 1 is 1.00 bits per heavy atom. The van der Waals surface area contributed by atoms with Crippen LogP contribution in [-0.2, 0) is 0 Å². The fraction of sp³-hybridized carbons (Fsp3) is 0.0500. The molecule has 2 heterocycles. The monoisotopic (exact) mass is 327 g/mol. The molecule has 2 aromatic heterocycles. The van der Waals surface area contributed by atoms with Gasteiger partial charge in [-0.2, -0.15) is 5.10 Å². The van der Waals surface area contributed by atoms with Gasteiger partial charge in [0.15, 0.2) is 0 Å². The highest BCUT2D eigenvalue weighted by Crippen LogP contribution is 2.15. The summed E-state index contributed by atoms with van der Waals surface area (Å²) in [6.45, 7) is 1.97. The summed E-state index contributed by atoms with van der Waals surface area (Å²) in [7, 11) is 0. The molecule has 5 heteroatoms. The summed E-state index contributed by atoms with van der Waals surface area (Å²) in [6, 6.07) is 20.2. The van der Waals surface area contributed by atoms with Crippen molar-refractivity contribution in [3.63, 3.8) is 0 Å². The molecule has 0 spiro atoms. The number of para-hydroxylation sites is 1. The van der Waals surface area contributed by atoms with Crippen LogP contribution in [0.1, 0.15) is 12.5 Å². The van der Waals surface area contributed by atoms with Crippen LogP contribution in [0.5, 0.6) is 0 Å². The minimum atomic E-state index is 0.730. The molecule has 0 atom stereocenters. The molecule has 0 saturated heterocycles. The number of aromatic nitrogens is 3. The molecule has 1 N–H and O–H groups in total. The molecule has 0 unspecified atom stereocenters. The second-order valence-electron chi connectivity index (χ2n) is 5.72. The second kappa shape index (κ2) is 6.57. The maximum absolute atomic E-state index is 4.56. The van der Waals surface area contributed by atoms with Gasteiger partial charge in [-0.3, -0.25) is 5.43 Å². The van der Waals surface area contributed by atoms with Crippen LogP contribution >= 0.6 is 0 Å². The number of rotatable bonds is 4. The number of hydrogen-bond donors (Lipinski definition) is 1.